The number of ether oxygens (including phenoxy) is 1. The summed E-state index contributed by atoms with van der Waals surface area (Å²) in [6.45, 7) is 8.62. The molecule has 0 aliphatic carbocycles. The standard InChI is InChI=1S/C26H30ClN5O2/c1-2-32(13-5-12-31-14-16-34-17-15-31)25-10-7-20(19-29-25)26(33)30-21-8-9-23(27)22(18-21)24-6-3-4-11-28-24/h3-4,6-11,18-19H,2,5,12-17H2,1H3,(H,30,33). The molecule has 178 valence electrons. The maximum Gasteiger partial charge on any atom is 0.257 e. The van der Waals surface area contributed by atoms with Gasteiger partial charge in [0.2, 0.25) is 0 Å². The molecule has 3 aromatic rings. The second-order valence-electron chi connectivity index (χ2n) is 8.16. The van der Waals surface area contributed by atoms with Gasteiger partial charge in [0.15, 0.2) is 0 Å². The number of aromatic nitrogens is 2. The molecule has 34 heavy (non-hydrogen) atoms. The smallest absolute Gasteiger partial charge is 0.257 e. The SMILES string of the molecule is CCN(CCCN1CCOCC1)c1ccc(C(=O)Nc2ccc(Cl)c(-c3ccccn3)c2)cn1. The number of carbonyl (C=O) groups excluding carboxylic acids is 1. The third-order valence-corrected chi connectivity index (χ3v) is 6.22. The highest BCUT2D eigenvalue weighted by molar-refractivity contribution is 6.33. The number of hydrogen-bond donors (Lipinski definition) is 1. The van der Waals surface area contributed by atoms with Crippen LogP contribution in [0.3, 0.4) is 0 Å². The van der Waals surface area contributed by atoms with E-state index in [4.69, 9.17) is 16.3 Å². The number of amides is 1. The summed E-state index contributed by atoms with van der Waals surface area (Å²) in [7, 11) is 0. The number of benzene rings is 1. The van der Waals surface area contributed by atoms with Crippen LogP contribution in [0.25, 0.3) is 11.3 Å². The third-order valence-electron chi connectivity index (χ3n) is 5.89. The number of morpholine rings is 1. The van der Waals surface area contributed by atoms with Gasteiger partial charge in [-0.05, 0) is 55.8 Å². The molecule has 0 spiro atoms. The Labute approximate surface area is 205 Å². The molecule has 1 amide bonds. The largest absolute Gasteiger partial charge is 0.379 e. The van der Waals surface area contributed by atoms with Crippen molar-refractivity contribution >= 4 is 29.0 Å². The van der Waals surface area contributed by atoms with Crippen molar-refractivity contribution in [2.75, 3.05) is 56.2 Å². The zero-order valence-electron chi connectivity index (χ0n) is 19.4. The summed E-state index contributed by atoms with van der Waals surface area (Å²) in [4.78, 5) is 26.4. The van der Waals surface area contributed by atoms with Crippen LogP contribution >= 0.6 is 11.6 Å². The predicted octanol–water partition coefficient (Wildman–Crippen LogP) is 4.60. The lowest BCUT2D eigenvalue weighted by molar-refractivity contribution is 0.0376. The molecular formula is C26H30ClN5O2. The Balaban J connectivity index is 1.36. The normalized spacial score (nSPS) is 14.1. The molecule has 0 unspecified atom stereocenters. The Morgan fingerprint density at radius 1 is 1.15 bits per heavy atom. The van der Waals surface area contributed by atoms with Crippen LogP contribution in [0.5, 0.6) is 0 Å². The van der Waals surface area contributed by atoms with Crippen molar-refractivity contribution in [3.05, 3.63) is 71.5 Å². The zero-order valence-corrected chi connectivity index (χ0v) is 20.2. The quantitative estimate of drug-likeness (QED) is 0.483. The maximum absolute atomic E-state index is 12.8. The first-order valence-electron chi connectivity index (χ1n) is 11.7. The van der Waals surface area contributed by atoms with Crippen LogP contribution in [0.4, 0.5) is 11.5 Å². The van der Waals surface area contributed by atoms with Gasteiger partial charge in [-0.25, -0.2) is 4.98 Å². The first kappa shape index (κ1) is 24.1. The molecule has 1 aliphatic heterocycles. The lowest BCUT2D eigenvalue weighted by atomic mass is 10.1. The van der Waals surface area contributed by atoms with Crippen molar-refractivity contribution in [3.8, 4) is 11.3 Å². The molecule has 0 atom stereocenters. The van der Waals surface area contributed by atoms with Gasteiger partial charge in [-0.15, -0.1) is 0 Å². The second kappa shape index (κ2) is 11.9. The molecule has 3 heterocycles. The molecule has 8 heteroatoms. The first-order valence-corrected chi connectivity index (χ1v) is 12.0. The van der Waals surface area contributed by atoms with Crippen LogP contribution < -0.4 is 10.2 Å². The summed E-state index contributed by atoms with van der Waals surface area (Å²) in [5.41, 5.74) is 2.67. The van der Waals surface area contributed by atoms with Gasteiger partial charge in [0.25, 0.3) is 5.91 Å². The fourth-order valence-corrected chi connectivity index (χ4v) is 4.19. The molecule has 0 saturated carbocycles. The predicted molar refractivity (Wildman–Crippen MR) is 137 cm³/mol. The van der Waals surface area contributed by atoms with E-state index in [9.17, 15) is 4.79 Å². The number of rotatable bonds is 9. The van der Waals surface area contributed by atoms with E-state index in [-0.39, 0.29) is 5.91 Å². The van der Waals surface area contributed by atoms with Crippen molar-refractivity contribution in [2.45, 2.75) is 13.3 Å². The summed E-state index contributed by atoms with van der Waals surface area (Å²) in [6.07, 6.45) is 4.41. The summed E-state index contributed by atoms with van der Waals surface area (Å²) < 4.78 is 5.41. The number of nitrogens with one attached hydrogen (secondary N) is 1. The molecule has 0 radical (unpaired) electrons. The third kappa shape index (κ3) is 6.32. The summed E-state index contributed by atoms with van der Waals surface area (Å²) in [6, 6.07) is 14.7. The van der Waals surface area contributed by atoms with Crippen LogP contribution in [-0.4, -0.2) is 66.7 Å². The van der Waals surface area contributed by atoms with E-state index in [0.717, 1.165) is 69.4 Å². The first-order chi connectivity index (χ1) is 16.6. The van der Waals surface area contributed by atoms with Crippen molar-refractivity contribution in [1.82, 2.24) is 14.9 Å². The lowest BCUT2D eigenvalue weighted by Crippen LogP contribution is -2.38. The number of anilines is 2. The van der Waals surface area contributed by atoms with Crippen LogP contribution in [0.2, 0.25) is 5.02 Å². The Hall–Kier alpha value is -3.00. The monoisotopic (exact) mass is 479 g/mol. The number of halogens is 1. The Morgan fingerprint density at radius 2 is 2.00 bits per heavy atom. The van der Waals surface area contributed by atoms with Gasteiger partial charge in [0.1, 0.15) is 5.82 Å². The highest BCUT2D eigenvalue weighted by Crippen LogP contribution is 2.29. The molecule has 4 rings (SSSR count). The van der Waals surface area contributed by atoms with Gasteiger partial charge >= 0.3 is 0 Å². The highest BCUT2D eigenvalue weighted by Gasteiger charge is 2.13. The van der Waals surface area contributed by atoms with Gasteiger partial charge in [-0.2, -0.15) is 0 Å². The Kier molecular flexibility index (Phi) is 8.46. The van der Waals surface area contributed by atoms with Gasteiger partial charge in [-0.3, -0.25) is 14.7 Å². The molecule has 0 bridgehead atoms. The average molecular weight is 480 g/mol. The van der Waals surface area contributed by atoms with Crippen LogP contribution in [0.15, 0.2) is 60.9 Å². The minimum atomic E-state index is -0.219. The number of hydrogen-bond acceptors (Lipinski definition) is 6. The van der Waals surface area contributed by atoms with Gasteiger partial charge < -0.3 is 15.0 Å². The molecule has 1 aliphatic rings. The number of pyridine rings is 2. The Morgan fingerprint density at radius 3 is 2.71 bits per heavy atom. The fourth-order valence-electron chi connectivity index (χ4n) is 3.98. The van der Waals surface area contributed by atoms with E-state index in [1.165, 1.54) is 0 Å². The van der Waals surface area contributed by atoms with E-state index in [1.807, 2.05) is 36.4 Å². The molecule has 1 saturated heterocycles. The summed E-state index contributed by atoms with van der Waals surface area (Å²) in [5, 5.41) is 3.51. The molecule has 2 aromatic heterocycles. The highest BCUT2D eigenvalue weighted by atomic mass is 35.5. The van der Waals surface area contributed by atoms with Crippen molar-refractivity contribution < 1.29 is 9.53 Å². The van der Waals surface area contributed by atoms with Crippen LogP contribution in [0.1, 0.15) is 23.7 Å². The van der Waals surface area contributed by atoms with E-state index in [1.54, 1.807) is 24.5 Å². The van der Waals surface area contributed by atoms with E-state index in [0.29, 0.717) is 16.3 Å². The van der Waals surface area contributed by atoms with Crippen molar-refractivity contribution in [2.24, 2.45) is 0 Å². The van der Waals surface area contributed by atoms with Gasteiger partial charge in [0, 0.05) is 56.4 Å². The van der Waals surface area contributed by atoms with E-state index in [2.05, 4.69) is 32.0 Å². The number of nitrogens with zero attached hydrogens (tertiary/aromatic N) is 4. The fraction of sp³-hybridized carbons (Fsp3) is 0.346. The summed E-state index contributed by atoms with van der Waals surface area (Å²) in [5.74, 6) is 0.661. The molecule has 1 fully saturated rings. The lowest BCUT2D eigenvalue weighted by Gasteiger charge is -2.28. The van der Waals surface area contributed by atoms with Gasteiger partial charge in [0.05, 0.1) is 29.5 Å². The zero-order chi connectivity index (χ0) is 23.8. The minimum absolute atomic E-state index is 0.219. The average Bonchev–Trinajstić information content (AvgIpc) is 2.89. The molecule has 1 N–H and O–H groups in total. The maximum atomic E-state index is 12.8. The van der Waals surface area contributed by atoms with E-state index < -0.39 is 0 Å². The van der Waals surface area contributed by atoms with Crippen molar-refractivity contribution in [3.63, 3.8) is 0 Å². The Bertz CT molecular complexity index is 1070. The topological polar surface area (TPSA) is 70.6 Å². The van der Waals surface area contributed by atoms with Gasteiger partial charge in [-0.1, -0.05) is 17.7 Å². The molecule has 1 aromatic carbocycles. The molecular weight excluding hydrogens is 450 g/mol. The minimum Gasteiger partial charge on any atom is -0.379 e. The summed E-state index contributed by atoms with van der Waals surface area (Å²) >= 11 is 6.35. The van der Waals surface area contributed by atoms with Crippen LogP contribution in [-0.2, 0) is 4.74 Å². The van der Waals surface area contributed by atoms with Crippen molar-refractivity contribution in [1.29, 1.82) is 0 Å². The number of carbonyl (C=O) groups is 1. The van der Waals surface area contributed by atoms with E-state index >= 15 is 0 Å². The molecule has 7 nitrogen and oxygen atoms in total. The van der Waals surface area contributed by atoms with Crippen LogP contribution in [0, 0.1) is 0 Å². The second-order valence-corrected chi connectivity index (χ2v) is 8.56.